The molecule has 5 heteroatoms. The normalized spacial score (nSPS) is 12.1. The van der Waals surface area contributed by atoms with Gasteiger partial charge >= 0.3 is 0 Å². The molecule has 4 nitrogen and oxygen atoms in total. The molecular formula is C20H36N4S. The third kappa shape index (κ3) is 8.63. The van der Waals surface area contributed by atoms with E-state index in [4.69, 9.17) is 4.99 Å². The molecule has 0 fully saturated rings. The fourth-order valence-electron chi connectivity index (χ4n) is 2.44. The van der Waals surface area contributed by atoms with E-state index in [1.165, 1.54) is 22.4 Å². The molecule has 0 atom stereocenters. The highest BCUT2D eigenvalue weighted by Gasteiger charge is 2.04. The van der Waals surface area contributed by atoms with Crippen LogP contribution in [0.3, 0.4) is 0 Å². The minimum absolute atomic E-state index is 0.618. The number of nitrogens with zero attached hydrogens (tertiary/aromatic N) is 2. The number of nitrogens with one attached hydrogen (secondary N) is 2. The molecule has 1 aromatic carbocycles. The Kier molecular flexibility index (Phi) is 10.7. The second-order valence-electron chi connectivity index (χ2n) is 6.72. The lowest BCUT2D eigenvalue weighted by molar-refractivity contribution is 0.268. The van der Waals surface area contributed by atoms with Crippen LogP contribution in [-0.2, 0) is 6.54 Å². The van der Waals surface area contributed by atoms with Gasteiger partial charge in [0, 0.05) is 24.0 Å². The van der Waals surface area contributed by atoms with Gasteiger partial charge in [0.2, 0.25) is 0 Å². The Morgan fingerprint density at radius 1 is 1.24 bits per heavy atom. The van der Waals surface area contributed by atoms with Crippen LogP contribution in [0.5, 0.6) is 0 Å². The Morgan fingerprint density at radius 2 is 2.00 bits per heavy atom. The quantitative estimate of drug-likeness (QED) is 0.286. The molecule has 0 radical (unpaired) electrons. The van der Waals surface area contributed by atoms with Crippen LogP contribution < -0.4 is 10.6 Å². The molecule has 0 heterocycles. The second-order valence-corrected chi connectivity index (χ2v) is 7.57. The summed E-state index contributed by atoms with van der Waals surface area (Å²) in [5.41, 5.74) is 2.59. The molecule has 0 unspecified atom stereocenters. The van der Waals surface area contributed by atoms with E-state index < -0.39 is 0 Å². The van der Waals surface area contributed by atoms with E-state index in [9.17, 15) is 0 Å². The van der Waals surface area contributed by atoms with Gasteiger partial charge in [-0.2, -0.15) is 0 Å². The Hall–Kier alpha value is -1.20. The Morgan fingerprint density at radius 3 is 2.64 bits per heavy atom. The van der Waals surface area contributed by atoms with Gasteiger partial charge in [0.25, 0.3) is 0 Å². The minimum atomic E-state index is 0.618. The first kappa shape index (κ1) is 21.8. The van der Waals surface area contributed by atoms with Crippen LogP contribution in [0.1, 0.15) is 44.7 Å². The van der Waals surface area contributed by atoms with Crippen molar-refractivity contribution in [1.29, 1.82) is 0 Å². The summed E-state index contributed by atoms with van der Waals surface area (Å²) in [4.78, 5) is 8.46. The number of hydrogen-bond acceptors (Lipinski definition) is 3. The maximum absolute atomic E-state index is 4.75. The SMILES string of the molecule is CCNC(=NCc1ccc(C)cc1SC)NCCCCN(C)C(C)C. The predicted molar refractivity (Wildman–Crippen MR) is 113 cm³/mol. The number of thioether (sulfide) groups is 1. The fourth-order valence-corrected chi connectivity index (χ4v) is 3.14. The largest absolute Gasteiger partial charge is 0.357 e. The number of hydrogen-bond donors (Lipinski definition) is 2. The summed E-state index contributed by atoms with van der Waals surface area (Å²) in [5, 5.41) is 6.80. The predicted octanol–water partition coefficient (Wildman–Crippen LogP) is 3.89. The molecule has 142 valence electrons. The number of unbranched alkanes of at least 4 members (excludes halogenated alkanes) is 1. The van der Waals surface area contributed by atoms with Crippen LogP contribution in [0.2, 0.25) is 0 Å². The highest BCUT2D eigenvalue weighted by atomic mass is 32.2. The van der Waals surface area contributed by atoms with Crippen LogP contribution >= 0.6 is 11.8 Å². The zero-order chi connectivity index (χ0) is 18.7. The fraction of sp³-hybridized carbons (Fsp3) is 0.650. The van der Waals surface area contributed by atoms with Gasteiger partial charge in [0.1, 0.15) is 0 Å². The number of guanidine groups is 1. The van der Waals surface area contributed by atoms with Gasteiger partial charge in [-0.15, -0.1) is 11.8 Å². The number of rotatable bonds is 10. The molecule has 1 rings (SSSR count). The van der Waals surface area contributed by atoms with E-state index in [2.05, 4.69) is 74.7 Å². The molecule has 0 aliphatic rings. The monoisotopic (exact) mass is 364 g/mol. The molecule has 0 aliphatic carbocycles. The van der Waals surface area contributed by atoms with Crippen LogP contribution in [-0.4, -0.2) is 49.8 Å². The summed E-state index contributed by atoms with van der Waals surface area (Å²) in [6.45, 7) is 12.4. The zero-order valence-electron chi connectivity index (χ0n) is 16.9. The lowest BCUT2D eigenvalue weighted by atomic mass is 10.1. The van der Waals surface area contributed by atoms with Crippen LogP contribution in [0.4, 0.5) is 0 Å². The maximum atomic E-state index is 4.75. The summed E-state index contributed by atoms with van der Waals surface area (Å²) >= 11 is 1.79. The molecule has 1 aromatic rings. The standard InChI is InChI=1S/C20H36N4S/c1-7-21-20(22-12-8-9-13-24(5)16(2)3)23-15-18-11-10-17(4)14-19(18)25-6/h10-11,14,16H,7-9,12-13,15H2,1-6H3,(H2,21,22,23). The summed E-state index contributed by atoms with van der Waals surface area (Å²) < 4.78 is 0. The first-order valence-electron chi connectivity index (χ1n) is 9.33. The van der Waals surface area contributed by atoms with Crippen molar-refractivity contribution in [3.05, 3.63) is 29.3 Å². The smallest absolute Gasteiger partial charge is 0.191 e. The van der Waals surface area contributed by atoms with Crippen molar-refractivity contribution >= 4 is 17.7 Å². The van der Waals surface area contributed by atoms with Gasteiger partial charge in [0.05, 0.1) is 6.54 Å². The van der Waals surface area contributed by atoms with Crippen LogP contribution in [0.25, 0.3) is 0 Å². The van der Waals surface area contributed by atoms with Gasteiger partial charge in [-0.05, 0) is 77.6 Å². The summed E-state index contributed by atoms with van der Waals surface area (Å²) in [7, 11) is 2.19. The molecule has 0 bridgehead atoms. The van der Waals surface area contributed by atoms with Gasteiger partial charge in [0.15, 0.2) is 5.96 Å². The van der Waals surface area contributed by atoms with Crippen molar-refractivity contribution in [1.82, 2.24) is 15.5 Å². The van der Waals surface area contributed by atoms with Gasteiger partial charge in [-0.1, -0.05) is 12.1 Å². The third-order valence-electron chi connectivity index (χ3n) is 4.31. The van der Waals surface area contributed by atoms with Crippen molar-refractivity contribution in [2.45, 2.75) is 58.0 Å². The summed E-state index contributed by atoms with van der Waals surface area (Å²) in [6, 6.07) is 7.21. The molecule has 2 N–H and O–H groups in total. The third-order valence-corrected chi connectivity index (χ3v) is 5.13. The van der Waals surface area contributed by atoms with Crippen LogP contribution in [0, 0.1) is 6.92 Å². The number of aryl methyl sites for hydroxylation is 1. The number of aliphatic imine (C=N–C) groups is 1. The summed E-state index contributed by atoms with van der Waals surface area (Å²) in [6.07, 6.45) is 4.48. The van der Waals surface area contributed by atoms with Crippen molar-refractivity contribution in [2.24, 2.45) is 4.99 Å². The van der Waals surface area contributed by atoms with Crippen LogP contribution in [0.15, 0.2) is 28.1 Å². The highest BCUT2D eigenvalue weighted by Crippen LogP contribution is 2.22. The average Bonchev–Trinajstić information content (AvgIpc) is 2.59. The van der Waals surface area contributed by atoms with E-state index in [0.29, 0.717) is 12.6 Å². The van der Waals surface area contributed by atoms with Crippen molar-refractivity contribution in [3.8, 4) is 0 Å². The Balaban J connectivity index is 2.49. The molecule has 0 aliphatic heterocycles. The van der Waals surface area contributed by atoms with Gasteiger partial charge < -0.3 is 15.5 Å². The second kappa shape index (κ2) is 12.2. The average molecular weight is 365 g/mol. The molecule has 0 amide bonds. The Labute approximate surface area is 158 Å². The topological polar surface area (TPSA) is 39.7 Å². The number of benzene rings is 1. The van der Waals surface area contributed by atoms with Gasteiger partial charge in [-0.3, -0.25) is 0 Å². The van der Waals surface area contributed by atoms with E-state index >= 15 is 0 Å². The minimum Gasteiger partial charge on any atom is -0.357 e. The zero-order valence-corrected chi connectivity index (χ0v) is 17.7. The maximum Gasteiger partial charge on any atom is 0.191 e. The first-order valence-corrected chi connectivity index (χ1v) is 10.6. The molecule has 0 aromatic heterocycles. The van der Waals surface area contributed by atoms with E-state index in [-0.39, 0.29) is 0 Å². The summed E-state index contributed by atoms with van der Waals surface area (Å²) in [5.74, 6) is 0.910. The first-order chi connectivity index (χ1) is 12.0. The molecule has 0 saturated carbocycles. The van der Waals surface area contributed by atoms with E-state index in [0.717, 1.165) is 32.0 Å². The lowest BCUT2D eigenvalue weighted by Gasteiger charge is -2.20. The van der Waals surface area contributed by atoms with Gasteiger partial charge in [-0.25, -0.2) is 4.99 Å². The van der Waals surface area contributed by atoms with Crippen molar-refractivity contribution in [2.75, 3.05) is 32.9 Å². The van der Waals surface area contributed by atoms with Crippen molar-refractivity contribution < 1.29 is 0 Å². The lowest BCUT2D eigenvalue weighted by Crippen LogP contribution is -2.38. The molecule has 0 saturated heterocycles. The molecule has 0 spiro atoms. The molecular weight excluding hydrogens is 328 g/mol. The highest BCUT2D eigenvalue weighted by molar-refractivity contribution is 7.98. The Bertz CT molecular complexity index is 528. The van der Waals surface area contributed by atoms with E-state index in [1.807, 2.05) is 0 Å². The molecule has 25 heavy (non-hydrogen) atoms. The van der Waals surface area contributed by atoms with E-state index in [1.54, 1.807) is 11.8 Å². The van der Waals surface area contributed by atoms with Crippen molar-refractivity contribution in [3.63, 3.8) is 0 Å².